The Morgan fingerprint density at radius 2 is 1.94 bits per heavy atom. The zero-order chi connectivity index (χ0) is 12.6. The SMILES string of the molecule is COc1ccc2ccccc2c1C1(CO)CCC1. The lowest BCUT2D eigenvalue weighted by Crippen LogP contribution is -2.38. The fourth-order valence-electron chi connectivity index (χ4n) is 3.06. The first-order valence-electron chi connectivity index (χ1n) is 6.48. The molecule has 1 saturated carbocycles. The van der Waals surface area contributed by atoms with Crippen molar-refractivity contribution in [2.75, 3.05) is 13.7 Å². The molecule has 0 saturated heterocycles. The van der Waals surface area contributed by atoms with Crippen LogP contribution in [0.15, 0.2) is 36.4 Å². The fourth-order valence-corrected chi connectivity index (χ4v) is 3.06. The summed E-state index contributed by atoms with van der Waals surface area (Å²) in [7, 11) is 1.71. The van der Waals surface area contributed by atoms with Gasteiger partial charge in [-0.15, -0.1) is 0 Å². The monoisotopic (exact) mass is 242 g/mol. The highest BCUT2D eigenvalue weighted by molar-refractivity contribution is 5.89. The summed E-state index contributed by atoms with van der Waals surface area (Å²) in [4.78, 5) is 0. The van der Waals surface area contributed by atoms with Crippen LogP contribution in [0.2, 0.25) is 0 Å². The molecule has 0 radical (unpaired) electrons. The van der Waals surface area contributed by atoms with E-state index in [4.69, 9.17) is 4.74 Å². The fraction of sp³-hybridized carbons (Fsp3) is 0.375. The molecule has 2 heteroatoms. The summed E-state index contributed by atoms with van der Waals surface area (Å²) in [5.74, 6) is 0.905. The van der Waals surface area contributed by atoms with Crippen molar-refractivity contribution in [1.29, 1.82) is 0 Å². The highest BCUT2D eigenvalue weighted by Gasteiger charge is 2.41. The Labute approximate surface area is 107 Å². The van der Waals surface area contributed by atoms with Crippen LogP contribution < -0.4 is 4.74 Å². The average molecular weight is 242 g/mol. The quantitative estimate of drug-likeness (QED) is 0.895. The molecule has 2 aromatic rings. The van der Waals surface area contributed by atoms with Gasteiger partial charge < -0.3 is 9.84 Å². The predicted octanol–water partition coefficient (Wildman–Crippen LogP) is 3.26. The van der Waals surface area contributed by atoms with Crippen molar-refractivity contribution in [2.45, 2.75) is 24.7 Å². The maximum absolute atomic E-state index is 9.81. The number of fused-ring (bicyclic) bond motifs is 1. The lowest BCUT2D eigenvalue weighted by molar-refractivity contribution is 0.118. The second-order valence-corrected chi connectivity index (χ2v) is 5.16. The van der Waals surface area contributed by atoms with Crippen molar-refractivity contribution in [3.8, 4) is 5.75 Å². The molecule has 3 rings (SSSR count). The molecule has 1 fully saturated rings. The van der Waals surface area contributed by atoms with Crippen molar-refractivity contribution >= 4 is 10.8 Å². The van der Waals surface area contributed by atoms with Crippen LogP contribution in [0.3, 0.4) is 0 Å². The van der Waals surface area contributed by atoms with Gasteiger partial charge in [-0.2, -0.15) is 0 Å². The Hall–Kier alpha value is -1.54. The third-order valence-electron chi connectivity index (χ3n) is 4.25. The van der Waals surface area contributed by atoms with Crippen molar-refractivity contribution in [3.63, 3.8) is 0 Å². The van der Waals surface area contributed by atoms with Gasteiger partial charge in [-0.05, 0) is 29.7 Å². The Morgan fingerprint density at radius 1 is 1.17 bits per heavy atom. The molecule has 1 aliphatic carbocycles. The molecule has 1 aliphatic rings. The van der Waals surface area contributed by atoms with E-state index in [1.165, 1.54) is 22.8 Å². The molecule has 18 heavy (non-hydrogen) atoms. The van der Waals surface area contributed by atoms with Crippen molar-refractivity contribution in [3.05, 3.63) is 42.0 Å². The number of hydrogen-bond acceptors (Lipinski definition) is 2. The first-order chi connectivity index (χ1) is 8.80. The number of ether oxygens (including phenoxy) is 1. The number of methoxy groups -OCH3 is 1. The van der Waals surface area contributed by atoms with Crippen LogP contribution in [0, 0.1) is 0 Å². The van der Waals surface area contributed by atoms with Gasteiger partial charge in [0, 0.05) is 11.0 Å². The summed E-state index contributed by atoms with van der Waals surface area (Å²) in [6.45, 7) is 0.206. The van der Waals surface area contributed by atoms with E-state index in [1.54, 1.807) is 7.11 Å². The number of hydrogen-bond donors (Lipinski definition) is 1. The van der Waals surface area contributed by atoms with E-state index >= 15 is 0 Å². The molecule has 0 bridgehead atoms. The lowest BCUT2D eigenvalue weighted by Gasteiger charge is -2.42. The highest BCUT2D eigenvalue weighted by atomic mass is 16.5. The van der Waals surface area contributed by atoms with E-state index in [-0.39, 0.29) is 12.0 Å². The molecule has 0 aliphatic heterocycles. The second kappa shape index (κ2) is 4.29. The molecule has 0 aromatic heterocycles. The van der Waals surface area contributed by atoms with Crippen LogP contribution in [0.4, 0.5) is 0 Å². The molecule has 94 valence electrons. The van der Waals surface area contributed by atoms with Gasteiger partial charge in [0.05, 0.1) is 13.7 Å². The van der Waals surface area contributed by atoms with E-state index < -0.39 is 0 Å². The summed E-state index contributed by atoms with van der Waals surface area (Å²) in [5, 5.41) is 12.2. The van der Waals surface area contributed by atoms with Gasteiger partial charge >= 0.3 is 0 Å². The van der Waals surface area contributed by atoms with Crippen LogP contribution in [0.1, 0.15) is 24.8 Å². The minimum absolute atomic E-state index is 0.0911. The molecule has 0 spiro atoms. The molecule has 0 unspecified atom stereocenters. The van der Waals surface area contributed by atoms with E-state index in [0.717, 1.165) is 18.6 Å². The predicted molar refractivity (Wildman–Crippen MR) is 73.1 cm³/mol. The van der Waals surface area contributed by atoms with Gasteiger partial charge in [0.15, 0.2) is 0 Å². The maximum atomic E-state index is 9.81. The summed E-state index contributed by atoms with van der Waals surface area (Å²) in [6, 6.07) is 12.4. The number of benzene rings is 2. The van der Waals surface area contributed by atoms with Gasteiger partial charge in [-0.3, -0.25) is 0 Å². The smallest absolute Gasteiger partial charge is 0.123 e. The second-order valence-electron chi connectivity index (χ2n) is 5.16. The maximum Gasteiger partial charge on any atom is 0.123 e. The topological polar surface area (TPSA) is 29.5 Å². The summed E-state index contributed by atoms with van der Waals surface area (Å²) < 4.78 is 5.53. The molecular formula is C16H18O2. The highest BCUT2D eigenvalue weighted by Crippen LogP contribution is 2.49. The number of aliphatic hydroxyl groups excluding tert-OH is 1. The minimum Gasteiger partial charge on any atom is -0.496 e. The van der Waals surface area contributed by atoms with Gasteiger partial charge in [0.1, 0.15) is 5.75 Å². The van der Waals surface area contributed by atoms with Crippen molar-refractivity contribution < 1.29 is 9.84 Å². The molecule has 2 aromatic carbocycles. The van der Waals surface area contributed by atoms with Crippen LogP contribution in [0.5, 0.6) is 5.75 Å². The zero-order valence-electron chi connectivity index (χ0n) is 10.6. The summed E-state index contributed by atoms with van der Waals surface area (Å²) >= 11 is 0. The Kier molecular flexibility index (Phi) is 2.75. The van der Waals surface area contributed by atoms with Gasteiger partial charge in [0.2, 0.25) is 0 Å². The molecular weight excluding hydrogens is 224 g/mol. The van der Waals surface area contributed by atoms with Crippen LogP contribution in [0.25, 0.3) is 10.8 Å². The average Bonchev–Trinajstić information content (AvgIpc) is 2.38. The molecule has 0 atom stereocenters. The van der Waals surface area contributed by atoms with E-state index in [2.05, 4.69) is 24.3 Å². The van der Waals surface area contributed by atoms with Crippen LogP contribution in [-0.2, 0) is 5.41 Å². The normalized spacial score (nSPS) is 17.4. The van der Waals surface area contributed by atoms with E-state index in [9.17, 15) is 5.11 Å². The Bertz CT molecular complexity index is 565. The summed E-state index contributed by atoms with van der Waals surface area (Å²) in [6.07, 6.45) is 3.29. The van der Waals surface area contributed by atoms with Crippen LogP contribution in [-0.4, -0.2) is 18.8 Å². The lowest BCUT2D eigenvalue weighted by atomic mass is 9.63. The third-order valence-corrected chi connectivity index (χ3v) is 4.25. The number of rotatable bonds is 3. The van der Waals surface area contributed by atoms with Crippen LogP contribution >= 0.6 is 0 Å². The van der Waals surface area contributed by atoms with E-state index in [0.29, 0.717) is 0 Å². The molecule has 0 heterocycles. The zero-order valence-corrected chi connectivity index (χ0v) is 10.6. The minimum atomic E-state index is -0.0911. The van der Waals surface area contributed by atoms with Gasteiger partial charge in [-0.25, -0.2) is 0 Å². The summed E-state index contributed by atoms with van der Waals surface area (Å²) in [5.41, 5.74) is 1.10. The molecule has 1 N–H and O–H groups in total. The largest absolute Gasteiger partial charge is 0.496 e. The molecule has 0 amide bonds. The third kappa shape index (κ3) is 1.52. The first kappa shape index (κ1) is 11.5. The Morgan fingerprint density at radius 3 is 2.56 bits per heavy atom. The van der Waals surface area contributed by atoms with Crippen molar-refractivity contribution in [1.82, 2.24) is 0 Å². The van der Waals surface area contributed by atoms with Gasteiger partial charge in [0.25, 0.3) is 0 Å². The van der Waals surface area contributed by atoms with Crippen molar-refractivity contribution in [2.24, 2.45) is 0 Å². The van der Waals surface area contributed by atoms with Gasteiger partial charge in [-0.1, -0.05) is 36.8 Å². The van der Waals surface area contributed by atoms with E-state index in [1.807, 2.05) is 12.1 Å². The number of aliphatic hydroxyl groups is 1. The molecule has 2 nitrogen and oxygen atoms in total. The Balaban J connectivity index is 2.30. The standard InChI is InChI=1S/C16H18O2/c1-18-14-8-7-12-5-2-3-6-13(12)15(14)16(11-17)9-4-10-16/h2-3,5-8,17H,4,9-11H2,1H3. The first-order valence-corrected chi connectivity index (χ1v) is 6.48.